The van der Waals surface area contributed by atoms with Crippen LogP contribution in [0.15, 0.2) is 56.9 Å². The predicted molar refractivity (Wildman–Crippen MR) is 123 cm³/mol. The van der Waals surface area contributed by atoms with Gasteiger partial charge in [0.2, 0.25) is 10.0 Å². The fraction of sp³-hybridized carbons (Fsp3) is 0.250. The van der Waals surface area contributed by atoms with Crippen LogP contribution in [0.5, 0.6) is 5.75 Å². The minimum atomic E-state index is -3.84. The molecule has 0 aromatic heterocycles. The van der Waals surface area contributed by atoms with Gasteiger partial charge < -0.3 is 10.5 Å². The van der Waals surface area contributed by atoms with E-state index in [0.717, 1.165) is 0 Å². The molecule has 9 nitrogen and oxygen atoms in total. The molecule has 0 saturated carbocycles. The van der Waals surface area contributed by atoms with Crippen LogP contribution in [0.2, 0.25) is 5.02 Å². The molecule has 0 aliphatic carbocycles. The number of primary amides is 1. The van der Waals surface area contributed by atoms with Crippen molar-refractivity contribution in [2.24, 2.45) is 10.8 Å². The first-order valence-electron chi connectivity index (χ1n) is 9.49. The maximum Gasteiger partial charge on any atom is 0.258 e. The third-order valence-electron chi connectivity index (χ3n) is 4.64. The van der Waals surface area contributed by atoms with Gasteiger partial charge in [-0.1, -0.05) is 11.6 Å². The van der Waals surface area contributed by atoms with Crippen LogP contribution in [-0.4, -0.2) is 49.9 Å². The highest BCUT2D eigenvalue weighted by molar-refractivity contribution is 9.10. The molecule has 12 heteroatoms. The quantitative estimate of drug-likeness (QED) is 0.389. The van der Waals surface area contributed by atoms with Crippen molar-refractivity contribution in [2.45, 2.75) is 23.8 Å². The molecule has 170 valence electrons. The molecule has 3 N–H and O–H groups in total. The second-order valence-electron chi connectivity index (χ2n) is 6.91. The maximum absolute atomic E-state index is 12.9. The van der Waals surface area contributed by atoms with Gasteiger partial charge in [0, 0.05) is 11.6 Å². The van der Waals surface area contributed by atoms with E-state index in [9.17, 15) is 18.0 Å². The van der Waals surface area contributed by atoms with E-state index in [1.165, 1.54) is 34.8 Å². The first-order chi connectivity index (χ1) is 15.2. The minimum Gasteiger partial charge on any atom is -0.483 e. The number of sulfonamides is 1. The van der Waals surface area contributed by atoms with Crippen molar-refractivity contribution in [3.63, 3.8) is 0 Å². The van der Waals surface area contributed by atoms with Crippen molar-refractivity contribution >= 4 is 55.6 Å². The van der Waals surface area contributed by atoms with Crippen LogP contribution in [0.1, 0.15) is 18.4 Å². The zero-order valence-corrected chi connectivity index (χ0v) is 19.9. The smallest absolute Gasteiger partial charge is 0.258 e. The van der Waals surface area contributed by atoms with Crippen molar-refractivity contribution in [3.8, 4) is 5.75 Å². The molecule has 0 unspecified atom stereocenters. The molecule has 0 spiro atoms. The number of nitrogens with one attached hydrogen (secondary N) is 1. The molecule has 1 heterocycles. The number of amides is 2. The van der Waals surface area contributed by atoms with Gasteiger partial charge in [0.05, 0.1) is 15.6 Å². The third kappa shape index (κ3) is 5.85. The number of hydrogen-bond donors (Lipinski definition) is 2. The summed E-state index contributed by atoms with van der Waals surface area (Å²) in [5.41, 5.74) is 8.10. The summed E-state index contributed by atoms with van der Waals surface area (Å²) in [6.45, 7) is -0.00855. The molecule has 2 aromatic rings. The number of benzene rings is 2. The predicted octanol–water partition coefficient (Wildman–Crippen LogP) is 2.27. The summed E-state index contributed by atoms with van der Waals surface area (Å²) < 4.78 is 32.9. The van der Waals surface area contributed by atoms with E-state index in [-0.39, 0.29) is 18.0 Å². The van der Waals surface area contributed by atoms with Gasteiger partial charge in [-0.05, 0) is 76.8 Å². The highest BCUT2D eigenvalue weighted by atomic mass is 79.9. The fourth-order valence-electron chi connectivity index (χ4n) is 3.14. The molecule has 2 aromatic carbocycles. The lowest BCUT2D eigenvalue weighted by molar-refractivity contribution is -0.124. The number of halogens is 2. The summed E-state index contributed by atoms with van der Waals surface area (Å²) in [6, 6.07) is 9.92. The summed E-state index contributed by atoms with van der Waals surface area (Å²) in [4.78, 5) is 23.5. The average molecular weight is 544 g/mol. The minimum absolute atomic E-state index is 0.0774. The molecule has 1 aliphatic heterocycles. The highest BCUT2D eigenvalue weighted by Crippen LogP contribution is 2.27. The molecule has 1 fully saturated rings. The van der Waals surface area contributed by atoms with Gasteiger partial charge in [0.25, 0.3) is 11.8 Å². The number of nitrogens with zero attached hydrogens (tertiary/aromatic N) is 2. The largest absolute Gasteiger partial charge is 0.483 e. The van der Waals surface area contributed by atoms with Crippen LogP contribution < -0.4 is 15.9 Å². The van der Waals surface area contributed by atoms with E-state index >= 15 is 0 Å². The van der Waals surface area contributed by atoms with Crippen molar-refractivity contribution in [2.75, 3.05) is 13.2 Å². The number of hydrogen-bond acceptors (Lipinski definition) is 6. The molecule has 0 bridgehead atoms. The van der Waals surface area contributed by atoms with Gasteiger partial charge in [-0.3, -0.25) is 9.59 Å². The van der Waals surface area contributed by atoms with Crippen molar-refractivity contribution < 1.29 is 22.7 Å². The van der Waals surface area contributed by atoms with Crippen LogP contribution in [0.4, 0.5) is 0 Å². The lowest BCUT2D eigenvalue weighted by Gasteiger charge is -2.22. The standard InChI is InChI=1S/C20H20BrClN4O5S/c21-16-10-13(3-8-18(16)31-12-19(23)27)11-24-25-20(28)17-2-1-9-26(17)32(29,30)15-6-4-14(22)5-7-15/h3-8,10-11,17H,1-2,9,12H2,(H2,23,27)(H,25,28)/b24-11-/t17-/m0/s1. The van der Waals surface area contributed by atoms with Gasteiger partial charge >= 0.3 is 0 Å². The van der Waals surface area contributed by atoms with Gasteiger partial charge in [-0.2, -0.15) is 9.41 Å². The Hall–Kier alpha value is -2.47. The second-order valence-corrected chi connectivity index (χ2v) is 10.1. The lowest BCUT2D eigenvalue weighted by atomic mass is 10.2. The number of rotatable bonds is 8. The molecule has 0 radical (unpaired) electrons. The number of carbonyl (C=O) groups is 2. The first-order valence-corrected chi connectivity index (χ1v) is 12.1. The van der Waals surface area contributed by atoms with Crippen LogP contribution in [-0.2, 0) is 19.6 Å². The Morgan fingerprint density at radius 1 is 1.28 bits per heavy atom. The van der Waals surface area contributed by atoms with Crippen molar-refractivity contribution in [1.82, 2.24) is 9.73 Å². The van der Waals surface area contributed by atoms with Crippen LogP contribution >= 0.6 is 27.5 Å². The normalized spacial score (nSPS) is 16.9. The van der Waals surface area contributed by atoms with Gasteiger partial charge in [0.15, 0.2) is 6.61 Å². The van der Waals surface area contributed by atoms with E-state index in [0.29, 0.717) is 33.6 Å². The molecule has 1 aliphatic rings. The first kappa shape index (κ1) is 24.2. The van der Waals surface area contributed by atoms with Crippen LogP contribution in [0, 0.1) is 0 Å². The van der Waals surface area contributed by atoms with E-state index < -0.39 is 27.9 Å². The third-order valence-corrected chi connectivity index (χ3v) is 7.43. The average Bonchev–Trinajstić information content (AvgIpc) is 3.24. The molecular formula is C20H20BrClN4O5S. The zero-order valence-electron chi connectivity index (χ0n) is 16.7. The van der Waals surface area contributed by atoms with E-state index in [2.05, 4.69) is 26.5 Å². The Balaban J connectivity index is 1.65. The van der Waals surface area contributed by atoms with E-state index in [4.69, 9.17) is 22.1 Å². The van der Waals surface area contributed by atoms with Gasteiger partial charge in [-0.25, -0.2) is 13.8 Å². The Labute approximate surface area is 198 Å². The number of carbonyl (C=O) groups excluding carboxylic acids is 2. The molecule has 1 saturated heterocycles. The second kappa shape index (κ2) is 10.4. The summed E-state index contributed by atoms with van der Waals surface area (Å²) in [5.74, 6) is -0.681. The molecule has 1 atom stereocenters. The Morgan fingerprint density at radius 3 is 2.66 bits per heavy atom. The van der Waals surface area contributed by atoms with Crippen molar-refractivity contribution in [3.05, 3.63) is 57.5 Å². The number of nitrogens with two attached hydrogens (primary N) is 1. The van der Waals surface area contributed by atoms with E-state index in [1.807, 2.05) is 0 Å². The number of ether oxygens (including phenoxy) is 1. The summed E-state index contributed by atoms with van der Waals surface area (Å²) >= 11 is 9.16. The Kier molecular flexibility index (Phi) is 7.88. The highest BCUT2D eigenvalue weighted by Gasteiger charge is 2.39. The molecule has 3 rings (SSSR count). The fourth-order valence-corrected chi connectivity index (χ4v) is 5.43. The molecule has 32 heavy (non-hydrogen) atoms. The Morgan fingerprint density at radius 2 is 2.00 bits per heavy atom. The number of hydrazone groups is 1. The summed E-state index contributed by atoms with van der Waals surface area (Å²) in [5, 5.41) is 4.36. The van der Waals surface area contributed by atoms with Crippen LogP contribution in [0.3, 0.4) is 0 Å². The monoisotopic (exact) mass is 542 g/mol. The summed E-state index contributed by atoms with van der Waals surface area (Å²) in [6.07, 6.45) is 2.37. The lowest BCUT2D eigenvalue weighted by Crippen LogP contribution is -2.44. The van der Waals surface area contributed by atoms with Gasteiger partial charge in [-0.15, -0.1) is 0 Å². The zero-order chi connectivity index (χ0) is 23.3. The topological polar surface area (TPSA) is 131 Å². The molecule has 2 amide bonds. The van der Waals surface area contributed by atoms with Crippen LogP contribution in [0.25, 0.3) is 0 Å². The Bertz CT molecular complexity index is 1140. The molecular weight excluding hydrogens is 524 g/mol. The SMILES string of the molecule is NC(=O)COc1ccc(/C=N\NC(=O)[C@@H]2CCCN2S(=O)(=O)c2ccc(Cl)cc2)cc1Br. The van der Waals surface area contributed by atoms with Crippen molar-refractivity contribution in [1.29, 1.82) is 0 Å². The van der Waals surface area contributed by atoms with E-state index in [1.54, 1.807) is 18.2 Å². The summed E-state index contributed by atoms with van der Waals surface area (Å²) in [7, 11) is -3.84. The van der Waals surface area contributed by atoms with Gasteiger partial charge in [0.1, 0.15) is 11.8 Å². The maximum atomic E-state index is 12.9.